The summed E-state index contributed by atoms with van der Waals surface area (Å²) in [5.74, 6) is -3.76. The normalized spacial score (nSPS) is 10.4. The molecule has 2 rings (SSSR count). The van der Waals surface area contributed by atoms with Crippen LogP contribution in [0.25, 0.3) is 11.3 Å². The number of halogens is 2. The first-order valence-corrected chi connectivity index (χ1v) is 6.45. The standard InChI is InChI=1S/C14H11ClFNO5/c1-6(18)17-14-13(21-7(2)19)11(20)12(22-14)8-4-3-5-9(15)10(8)16/h3-5,20H,1-2H3,(H,17,18). The summed E-state index contributed by atoms with van der Waals surface area (Å²) in [7, 11) is 0. The largest absolute Gasteiger partial charge is 0.502 e. The minimum Gasteiger partial charge on any atom is -0.502 e. The van der Waals surface area contributed by atoms with Gasteiger partial charge in [-0.3, -0.25) is 14.9 Å². The smallest absolute Gasteiger partial charge is 0.308 e. The fraction of sp³-hybridized carbons (Fsp3) is 0.143. The molecule has 0 saturated carbocycles. The lowest BCUT2D eigenvalue weighted by Crippen LogP contribution is -2.08. The second kappa shape index (κ2) is 6.07. The molecule has 0 atom stereocenters. The van der Waals surface area contributed by atoms with Gasteiger partial charge in [-0.1, -0.05) is 17.7 Å². The van der Waals surface area contributed by atoms with Crippen LogP contribution < -0.4 is 10.1 Å². The second-order valence-corrected chi connectivity index (χ2v) is 4.72. The van der Waals surface area contributed by atoms with Crippen LogP contribution in [-0.2, 0) is 9.59 Å². The first kappa shape index (κ1) is 15.8. The third-order valence-corrected chi connectivity index (χ3v) is 2.86. The van der Waals surface area contributed by atoms with Crippen LogP contribution in [0.5, 0.6) is 11.5 Å². The first-order chi connectivity index (χ1) is 10.3. The molecule has 22 heavy (non-hydrogen) atoms. The monoisotopic (exact) mass is 327 g/mol. The van der Waals surface area contributed by atoms with Crippen molar-refractivity contribution in [3.63, 3.8) is 0 Å². The molecule has 1 heterocycles. The van der Waals surface area contributed by atoms with Crippen molar-refractivity contribution in [2.75, 3.05) is 5.32 Å². The molecule has 2 N–H and O–H groups in total. The van der Waals surface area contributed by atoms with Crippen molar-refractivity contribution in [2.24, 2.45) is 0 Å². The summed E-state index contributed by atoms with van der Waals surface area (Å²) in [5, 5.41) is 12.2. The number of hydrogen-bond donors (Lipinski definition) is 2. The number of carbonyl (C=O) groups excluding carboxylic acids is 2. The Morgan fingerprint density at radius 2 is 2.05 bits per heavy atom. The Kier molecular flexibility index (Phi) is 4.37. The van der Waals surface area contributed by atoms with E-state index in [0.717, 1.165) is 6.92 Å². The Labute approximate surface area is 129 Å². The van der Waals surface area contributed by atoms with Crippen molar-refractivity contribution < 1.29 is 28.2 Å². The quantitative estimate of drug-likeness (QED) is 0.844. The van der Waals surface area contributed by atoms with Crippen LogP contribution in [0.4, 0.5) is 10.3 Å². The Bertz CT molecular complexity index is 756. The molecule has 0 radical (unpaired) electrons. The molecule has 1 amide bonds. The first-order valence-electron chi connectivity index (χ1n) is 6.07. The van der Waals surface area contributed by atoms with E-state index in [0.29, 0.717) is 0 Å². The molecule has 116 valence electrons. The van der Waals surface area contributed by atoms with Crippen LogP contribution in [0.1, 0.15) is 13.8 Å². The van der Waals surface area contributed by atoms with Crippen LogP contribution in [0.3, 0.4) is 0 Å². The van der Waals surface area contributed by atoms with Gasteiger partial charge in [-0.2, -0.15) is 0 Å². The van der Waals surface area contributed by atoms with E-state index in [9.17, 15) is 19.1 Å². The molecule has 1 aromatic carbocycles. The van der Waals surface area contributed by atoms with Gasteiger partial charge in [0.15, 0.2) is 11.6 Å². The fourth-order valence-electron chi connectivity index (χ4n) is 1.75. The van der Waals surface area contributed by atoms with Crippen molar-refractivity contribution in [3.05, 3.63) is 29.0 Å². The number of rotatable bonds is 3. The third-order valence-electron chi connectivity index (χ3n) is 2.57. The number of aromatic hydroxyl groups is 1. The number of benzene rings is 1. The molecule has 8 heteroatoms. The van der Waals surface area contributed by atoms with Crippen LogP contribution in [-0.4, -0.2) is 17.0 Å². The number of furan rings is 1. The topological polar surface area (TPSA) is 88.8 Å². The highest BCUT2D eigenvalue weighted by atomic mass is 35.5. The fourth-order valence-corrected chi connectivity index (χ4v) is 1.92. The van der Waals surface area contributed by atoms with Crippen LogP contribution in [0.15, 0.2) is 22.6 Å². The minimum absolute atomic E-state index is 0.144. The highest BCUT2D eigenvalue weighted by Gasteiger charge is 2.27. The Morgan fingerprint density at radius 3 is 2.64 bits per heavy atom. The Hall–Kier alpha value is -2.54. The van der Waals surface area contributed by atoms with Gasteiger partial charge < -0.3 is 14.3 Å². The summed E-state index contributed by atoms with van der Waals surface area (Å²) in [6, 6.07) is 4.09. The number of hydrogen-bond acceptors (Lipinski definition) is 5. The maximum absolute atomic E-state index is 14.0. The summed E-state index contributed by atoms with van der Waals surface area (Å²) in [6.07, 6.45) is 0. The summed E-state index contributed by atoms with van der Waals surface area (Å²) < 4.78 is 24.1. The molecule has 0 unspecified atom stereocenters. The highest BCUT2D eigenvalue weighted by molar-refractivity contribution is 6.31. The predicted molar refractivity (Wildman–Crippen MR) is 76.4 cm³/mol. The maximum Gasteiger partial charge on any atom is 0.308 e. The zero-order chi connectivity index (χ0) is 16.4. The van der Waals surface area contributed by atoms with Crippen LogP contribution in [0, 0.1) is 5.82 Å². The molecule has 2 aromatic rings. The molecular formula is C14H11ClFNO5. The molecule has 0 aliphatic rings. The van der Waals surface area contributed by atoms with E-state index in [2.05, 4.69) is 5.32 Å². The molecular weight excluding hydrogens is 317 g/mol. The highest BCUT2D eigenvalue weighted by Crippen LogP contribution is 2.47. The molecule has 0 aliphatic heterocycles. The van der Waals surface area contributed by atoms with Crippen LogP contribution in [0.2, 0.25) is 5.02 Å². The van der Waals surface area contributed by atoms with E-state index in [1.165, 1.54) is 25.1 Å². The summed E-state index contributed by atoms with van der Waals surface area (Å²) in [5.41, 5.74) is -0.144. The van der Waals surface area contributed by atoms with Gasteiger partial charge in [0.2, 0.25) is 23.3 Å². The molecule has 6 nitrogen and oxygen atoms in total. The van der Waals surface area contributed by atoms with Gasteiger partial charge in [0.25, 0.3) is 0 Å². The third kappa shape index (κ3) is 3.04. The molecule has 0 spiro atoms. The molecule has 1 aromatic heterocycles. The summed E-state index contributed by atoms with van der Waals surface area (Å²) in [6.45, 7) is 2.29. The van der Waals surface area contributed by atoms with E-state index in [-0.39, 0.29) is 22.2 Å². The summed E-state index contributed by atoms with van der Waals surface area (Å²) >= 11 is 5.68. The lowest BCUT2D eigenvalue weighted by atomic mass is 10.1. The predicted octanol–water partition coefficient (Wildman–Crippen LogP) is 3.33. The average Bonchev–Trinajstić information content (AvgIpc) is 2.70. The summed E-state index contributed by atoms with van der Waals surface area (Å²) in [4.78, 5) is 22.2. The number of carbonyl (C=O) groups is 2. The molecule has 0 fully saturated rings. The van der Waals surface area contributed by atoms with E-state index in [4.69, 9.17) is 20.8 Å². The van der Waals surface area contributed by atoms with Crippen molar-refractivity contribution in [3.8, 4) is 22.8 Å². The van der Waals surface area contributed by atoms with Crippen LogP contribution >= 0.6 is 11.6 Å². The maximum atomic E-state index is 14.0. The van der Waals surface area contributed by atoms with E-state index >= 15 is 0 Å². The second-order valence-electron chi connectivity index (χ2n) is 4.31. The number of nitrogens with one attached hydrogen (secondary N) is 1. The molecule has 0 bridgehead atoms. The van der Waals surface area contributed by atoms with E-state index in [1.54, 1.807) is 0 Å². The molecule has 0 aliphatic carbocycles. The van der Waals surface area contributed by atoms with Crippen molar-refractivity contribution in [2.45, 2.75) is 13.8 Å². The zero-order valence-electron chi connectivity index (χ0n) is 11.6. The van der Waals surface area contributed by atoms with Gasteiger partial charge in [0.1, 0.15) is 0 Å². The van der Waals surface area contributed by atoms with Gasteiger partial charge >= 0.3 is 5.97 Å². The van der Waals surface area contributed by atoms with Crippen molar-refractivity contribution >= 4 is 29.4 Å². The van der Waals surface area contributed by atoms with Gasteiger partial charge in [-0.05, 0) is 12.1 Å². The Morgan fingerprint density at radius 1 is 1.36 bits per heavy atom. The minimum atomic E-state index is -0.822. The lowest BCUT2D eigenvalue weighted by Gasteiger charge is -2.02. The molecule has 0 saturated heterocycles. The number of esters is 1. The zero-order valence-corrected chi connectivity index (χ0v) is 12.3. The van der Waals surface area contributed by atoms with E-state index in [1.807, 2.05) is 0 Å². The van der Waals surface area contributed by atoms with E-state index < -0.39 is 29.2 Å². The lowest BCUT2D eigenvalue weighted by molar-refractivity contribution is -0.132. The van der Waals surface area contributed by atoms with Gasteiger partial charge in [-0.25, -0.2) is 4.39 Å². The van der Waals surface area contributed by atoms with Gasteiger partial charge in [0, 0.05) is 13.8 Å². The van der Waals surface area contributed by atoms with Gasteiger partial charge in [0.05, 0.1) is 10.6 Å². The number of amides is 1. The van der Waals surface area contributed by atoms with Gasteiger partial charge in [-0.15, -0.1) is 0 Å². The Balaban J connectivity index is 2.62. The van der Waals surface area contributed by atoms with Crippen molar-refractivity contribution in [1.82, 2.24) is 0 Å². The average molecular weight is 328 g/mol. The SMILES string of the molecule is CC(=O)Nc1oc(-c2cccc(Cl)c2F)c(O)c1OC(C)=O. The number of anilines is 1. The van der Waals surface area contributed by atoms with Crippen molar-refractivity contribution in [1.29, 1.82) is 0 Å². The number of ether oxygens (including phenoxy) is 1.